The summed E-state index contributed by atoms with van der Waals surface area (Å²) in [6.07, 6.45) is 3.90. The summed E-state index contributed by atoms with van der Waals surface area (Å²) in [5, 5.41) is 6.06. The second kappa shape index (κ2) is 5.41. The fourth-order valence-corrected chi connectivity index (χ4v) is 3.38. The number of hydrogen-bond donors (Lipinski definition) is 2. The summed E-state index contributed by atoms with van der Waals surface area (Å²) >= 11 is 5.15. The molecule has 2 aromatic rings. The molecule has 2 atom stereocenters. The molecule has 0 aliphatic heterocycles. The molecule has 2 unspecified atom stereocenters. The van der Waals surface area contributed by atoms with Crippen molar-refractivity contribution in [2.75, 3.05) is 5.32 Å². The number of fused-ring (bicyclic) bond motifs is 1. The van der Waals surface area contributed by atoms with Crippen LogP contribution in [-0.4, -0.2) is 11.0 Å². The van der Waals surface area contributed by atoms with Gasteiger partial charge in [0.25, 0.3) is 0 Å². The van der Waals surface area contributed by atoms with E-state index in [0.717, 1.165) is 16.9 Å². The highest BCUT2D eigenvalue weighted by molar-refractivity contribution is 7.80. The normalized spacial score (nSPS) is 22.1. The molecule has 104 valence electrons. The van der Waals surface area contributed by atoms with Crippen molar-refractivity contribution in [1.29, 1.82) is 0 Å². The summed E-state index contributed by atoms with van der Waals surface area (Å²) in [5.41, 5.74) is 7.98. The number of thiocarbonyl (C=S) groups is 1. The van der Waals surface area contributed by atoms with E-state index in [9.17, 15) is 0 Å². The Bertz CT molecular complexity index is 650. The van der Waals surface area contributed by atoms with Crippen LogP contribution in [0.4, 0.5) is 5.69 Å². The van der Waals surface area contributed by atoms with Gasteiger partial charge in [0.05, 0.1) is 0 Å². The molecule has 1 aliphatic carbocycles. The molecule has 0 amide bonds. The lowest BCUT2D eigenvalue weighted by molar-refractivity contribution is 0.557. The van der Waals surface area contributed by atoms with Gasteiger partial charge in [0, 0.05) is 22.7 Å². The highest BCUT2D eigenvalue weighted by Gasteiger charge is 2.23. The summed E-state index contributed by atoms with van der Waals surface area (Å²) in [6.45, 7) is 2.33. The first-order valence-electron chi connectivity index (χ1n) is 7.25. The zero-order valence-corrected chi connectivity index (χ0v) is 12.5. The molecular weight excluding hydrogens is 264 g/mol. The van der Waals surface area contributed by atoms with Gasteiger partial charge < -0.3 is 11.1 Å². The van der Waals surface area contributed by atoms with Crippen molar-refractivity contribution < 1.29 is 0 Å². The van der Waals surface area contributed by atoms with Crippen molar-refractivity contribution in [3.05, 3.63) is 42.0 Å². The van der Waals surface area contributed by atoms with Crippen LogP contribution in [0.25, 0.3) is 10.8 Å². The first-order chi connectivity index (χ1) is 9.66. The van der Waals surface area contributed by atoms with Crippen LogP contribution in [0.1, 0.15) is 31.7 Å². The highest BCUT2D eigenvalue weighted by Crippen LogP contribution is 2.32. The number of benzene rings is 2. The quantitative estimate of drug-likeness (QED) is 0.834. The maximum Gasteiger partial charge on any atom is 0.104 e. The summed E-state index contributed by atoms with van der Waals surface area (Å²) in [7, 11) is 0. The second-order valence-corrected chi connectivity index (χ2v) is 6.17. The molecule has 20 heavy (non-hydrogen) atoms. The minimum absolute atomic E-state index is 0.460. The predicted molar refractivity (Wildman–Crippen MR) is 90.3 cm³/mol. The summed E-state index contributed by atoms with van der Waals surface area (Å²) in [4.78, 5) is 0.460. The molecular formula is C17H20N2S. The van der Waals surface area contributed by atoms with E-state index in [1.807, 2.05) is 12.1 Å². The SMILES string of the molecule is CC1CCCC1Nc1ccc(C(N)=S)c2ccccc12. The average molecular weight is 284 g/mol. The number of nitrogens with two attached hydrogens (primary N) is 1. The minimum Gasteiger partial charge on any atom is -0.389 e. The highest BCUT2D eigenvalue weighted by atomic mass is 32.1. The molecule has 3 rings (SSSR count). The van der Waals surface area contributed by atoms with Crippen LogP contribution in [-0.2, 0) is 0 Å². The molecule has 1 fully saturated rings. The minimum atomic E-state index is 0.460. The molecule has 0 heterocycles. The van der Waals surface area contributed by atoms with E-state index >= 15 is 0 Å². The van der Waals surface area contributed by atoms with Crippen LogP contribution < -0.4 is 11.1 Å². The van der Waals surface area contributed by atoms with Crippen LogP contribution in [0.15, 0.2) is 36.4 Å². The van der Waals surface area contributed by atoms with Gasteiger partial charge >= 0.3 is 0 Å². The molecule has 1 saturated carbocycles. The molecule has 0 spiro atoms. The van der Waals surface area contributed by atoms with Gasteiger partial charge in [-0.15, -0.1) is 0 Å². The summed E-state index contributed by atoms with van der Waals surface area (Å²) in [5.74, 6) is 0.740. The molecule has 0 aromatic heterocycles. The van der Waals surface area contributed by atoms with Crippen molar-refractivity contribution in [3.63, 3.8) is 0 Å². The van der Waals surface area contributed by atoms with E-state index in [2.05, 4.69) is 36.5 Å². The zero-order chi connectivity index (χ0) is 14.1. The molecule has 2 aromatic carbocycles. The fourth-order valence-electron chi connectivity index (χ4n) is 3.20. The largest absolute Gasteiger partial charge is 0.389 e. The molecule has 0 saturated heterocycles. The van der Waals surface area contributed by atoms with E-state index in [1.54, 1.807) is 0 Å². The van der Waals surface area contributed by atoms with Gasteiger partial charge in [-0.3, -0.25) is 0 Å². The van der Waals surface area contributed by atoms with Crippen LogP contribution in [0, 0.1) is 5.92 Å². The predicted octanol–water partition coefficient (Wildman–Crippen LogP) is 4.07. The van der Waals surface area contributed by atoms with Gasteiger partial charge in [0.15, 0.2) is 0 Å². The lowest BCUT2D eigenvalue weighted by Crippen LogP contribution is -2.22. The Kier molecular flexibility index (Phi) is 3.62. The zero-order valence-electron chi connectivity index (χ0n) is 11.7. The van der Waals surface area contributed by atoms with Gasteiger partial charge in [-0.05, 0) is 36.3 Å². The number of rotatable bonds is 3. The molecule has 2 nitrogen and oxygen atoms in total. The number of anilines is 1. The van der Waals surface area contributed by atoms with Crippen molar-refractivity contribution in [3.8, 4) is 0 Å². The standard InChI is InChI=1S/C17H20N2S/c1-11-5-4-8-15(11)19-16-10-9-14(17(18)20)12-6-2-3-7-13(12)16/h2-3,6-7,9-11,15,19H,4-5,8H2,1H3,(H2,18,20). The Labute approximate surface area is 125 Å². The Morgan fingerprint density at radius 3 is 2.55 bits per heavy atom. The van der Waals surface area contributed by atoms with Gasteiger partial charge in [-0.2, -0.15) is 0 Å². The maximum atomic E-state index is 5.83. The van der Waals surface area contributed by atoms with Gasteiger partial charge in [0.2, 0.25) is 0 Å². The smallest absolute Gasteiger partial charge is 0.104 e. The Balaban J connectivity index is 2.04. The summed E-state index contributed by atoms with van der Waals surface area (Å²) < 4.78 is 0. The van der Waals surface area contributed by atoms with Crippen LogP contribution in [0.5, 0.6) is 0 Å². The number of hydrogen-bond acceptors (Lipinski definition) is 2. The van der Waals surface area contributed by atoms with Crippen molar-refractivity contribution in [2.24, 2.45) is 11.7 Å². The maximum absolute atomic E-state index is 5.83. The Hall–Kier alpha value is -1.61. The van der Waals surface area contributed by atoms with Gasteiger partial charge in [0.1, 0.15) is 4.99 Å². The average Bonchev–Trinajstić information content (AvgIpc) is 2.84. The first kappa shape index (κ1) is 13.4. The fraction of sp³-hybridized carbons (Fsp3) is 0.353. The van der Waals surface area contributed by atoms with E-state index in [4.69, 9.17) is 18.0 Å². The van der Waals surface area contributed by atoms with Crippen molar-refractivity contribution in [1.82, 2.24) is 0 Å². The Morgan fingerprint density at radius 1 is 1.15 bits per heavy atom. The van der Waals surface area contributed by atoms with Crippen molar-refractivity contribution in [2.45, 2.75) is 32.2 Å². The third kappa shape index (κ3) is 2.38. The lowest BCUT2D eigenvalue weighted by Gasteiger charge is -2.20. The second-order valence-electron chi connectivity index (χ2n) is 5.73. The third-order valence-electron chi connectivity index (χ3n) is 4.39. The van der Waals surface area contributed by atoms with E-state index < -0.39 is 0 Å². The molecule has 0 bridgehead atoms. The molecule has 3 N–H and O–H groups in total. The van der Waals surface area contributed by atoms with E-state index in [-0.39, 0.29) is 0 Å². The van der Waals surface area contributed by atoms with Gasteiger partial charge in [-0.1, -0.05) is 49.8 Å². The van der Waals surface area contributed by atoms with Crippen molar-refractivity contribution >= 4 is 33.7 Å². The molecule has 3 heteroatoms. The lowest BCUT2D eigenvalue weighted by atomic mass is 10.0. The summed E-state index contributed by atoms with van der Waals surface area (Å²) in [6, 6.07) is 13.1. The molecule has 0 radical (unpaired) electrons. The van der Waals surface area contributed by atoms with Crippen LogP contribution >= 0.6 is 12.2 Å². The monoisotopic (exact) mass is 284 g/mol. The van der Waals surface area contributed by atoms with Crippen LogP contribution in [0.3, 0.4) is 0 Å². The topological polar surface area (TPSA) is 38.0 Å². The number of nitrogens with one attached hydrogen (secondary N) is 1. The third-order valence-corrected chi connectivity index (χ3v) is 4.61. The molecule has 1 aliphatic rings. The van der Waals surface area contributed by atoms with Crippen LogP contribution in [0.2, 0.25) is 0 Å². The van der Waals surface area contributed by atoms with E-state index in [0.29, 0.717) is 11.0 Å². The van der Waals surface area contributed by atoms with Gasteiger partial charge in [-0.25, -0.2) is 0 Å². The van der Waals surface area contributed by atoms with E-state index in [1.165, 1.54) is 30.3 Å². The first-order valence-corrected chi connectivity index (χ1v) is 7.65. The Morgan fingerprint density at radius 2 is 1.90 bits per heavy atom.